The largest absolute Gasteiger partial charge is 0.316 e. The molecule has 0 unspecified atom stereocenters. The van der Waals surface area contributed by atoms with E-state index in [1.165, 1.54) is 44.7 Å². The Balaban J connectivity index is 1.58. The summed E-state index contributed by atoms with van der Waals surface area (Å²) in [6.07, 6.45) is 5.65. The summed E-state index contributed by atoms with van der Waals surface area (Å²) in [5.41, 5.74) is 1.31. The molecule has 4 heteroatoms. The second-order valence-corrected chi connectivity index (χ2v) is 5.28. The van der Waals surface area contributed by atoms with E-state index in [1.807, 2.05) is 17.9 Å². The van der Waals surface area contributed by atoms with Crippen molar-refractivity contribution in [3.63, 3.8) is 0 Å². The van der Waals surface area contributed by atoms with Gasteiger partial charge in [-0.15, -0.1) is 0 Å². The van der Waals surface area contributed by atoms with Gasteiger partial charge in [-0.2, -0.15) is 5.10 Å². The van der Waals surface area contributed by atoms with Gasteiger partial charge in [-0.25, -0.2) is 0 Å². The first-order valence-electron chi connectivity index (χ1n) is 7.19. The molecule has 0 bridgehead atoms. The smallest absolute Gasteiger partial charge is 0.0492 e. The maximum atomic E-state index is 4.19. The SMILES string of the molecule is CCN1CCC(CNCCc2ccnn2C)CC1. The Bertz CT molecular complexity index is 339. The molecule has 4 nitrogen and oxygen atoms in total. The monoisotopic (exact) mass is 250 g/mol. The summed E-state index contributed by atoms with van der Waals surface area (Å²) < 4.78 is 1.96. The van der Waals surface area contributed by atoms with Gasteiger partial charge in [0.1, 0.15) is 0 Å². The van der Waals surface area contributed by atoms with Crippen LogP contribution < -0.4 is 5.32 Å². The van der Waals surface area contributed by atoms with Crippen molar-refractivity contribution in [1.82, 2.24) is 20.0 Å². The number of nitrogens with zero attached hydrogens (tertiary/aromatic N) is 3. The minimum Gasteiger partial charge on any atom is -0.316 e. The molecule has 1 N–H and O–H groups in total. The first-order chi connectivity index (χ1) is 8.79. The second kappa shape index (κ2) is 6.90. The molecule has 0 aliphatic carbocycles. The molecule has 18 heavy (non-hydrogen) atoms. The number of rotatable bonds is 6. The molecule has 0 atom stereocenters. The van der Waals surface area contributed by atoms with Gasteiger partial charge >= 0.3 is 0 Å². The van der Waals surface area contributed by atoms with Gasteiger partial charge in [0.2, 0.25) is 0 Å². The molecule has 0 saturated carbocycles. The third-order valence-electron chi connectivity index (χ3n) is 4.07. The predicted octanol–water partition coefficient (Wildman–Crippen LogP) is 1.28. The number of aryl methyl sites for hydroxylation is 1. The predicted molar refractivity (Wildman–Crippen MR) is 74.6 cm³/mol. The Morgan fingerprint density at radius 2 is 2.17 bits per heavy atom. The molecule has 1 aliphatic heterocycles. The van der Waals surface area contributed by atoms with Crippen LogP contribution in [0.25, 0.3) is 0 Å². The van der Waals surface area contributed by atoms with E-state index >= 15 is 0 Å². The maximum Gasteiger partial charge on any atom is 0.0492 e. The zero-order valence-corrected chi connectivity index (χ0v) is 11.7. The Kier molecular flexibility index (Phi) is 5.20. The van der Waals surface area contributed by atoms with E-state index in [1.54, 1.807) is 0 Å². The summed E-state index contributed by atoms with van der Waals surface area (Å²) in [6, 6.07) is 2.10. The standard InChI is InChI=1S/C14H26N4/c1-3-18-10-6-13(7-11-18)12-15-8-4-14-5-9-16-17(14)2/h5,9,13,15H,3-4,6-8,10-12H2,1-2H3. The van der Waals surface area contributed by atoms with Crippen molar-refractivity contribution in [2.24, 2.45) is 13.0 Å². The van der Waals surface area contributed by atoms with Crippen LogP contribution >= 0.6 is 0 Å². The summed E-state index contributed by atoms with van der Waals surface area (Å²) in [6.45, 7) is 8.27. The summed E-state index contributed by atoms with van der Waals surface area (Å²) in [7, 11) is 2.01. The van der Waals surface area contributed by atoms with E-state index < -0.39 is 0 Å². The van der Waals surface area contributed by atoms with Gasteiger partial charge in [-0.05, 0) is 51.0 Å². The molecule has 0 radical (unpaired) electrons. The lowest BCUT2D eigenvalue weighted by Crippen LogP contribution is -2.37. The van der Waals surface area contributed by atoms with E-state index in [9.17, 15) is 0 Å². The fraction of sp³-hybridized carbons (Fsp3) is 0.786. The Labute approximate surface area is 110 Å². The van der Waals surface area contributed by atoms with Gasteiger partial charge in [0, 0.05) is 31.9 Å². The quantitative estimate of drug-likeness (QED) is 0.772. The first-order valence-corrected chi connectivity index (χ1v) is 7.19. The van der Waals surface area contributed by atoms with E-state index in [2.05, 4.69) is 28.3 Å². The highest BCUT2D eigenvalue weighted by atomic mass is 15.3. The van der Waals surface area contributed by atoms with Crippen LogP contribution in [-0.4, -0.2) is 47.4 Å². The van der Waals surface area contributed by atoms with Crippen LogP contribution in [-0.2, 0) is 13.5 Å². The Morgan fingerprint density at radius 3 is 2.78 bits per heavy atom. The molecule has 2 rings (SSSR count). The summed E-state index contributed by atoms with van der Waals surface area (Å²) in [4.78, 5) is 2.55. The molecule has 1 fully saturated rings. The minimum absolute atomic E-state index is 0.874. The topological polar surface area (TPSA) is 33.1 Å². The zero-order valence-electron chi connectivity index (χ0n) is 11.7. The average Bonchev–Trinajstić information content (AvgIpc) is 2.81. The second-order valence-electron chi connectivity index (χ2n) is 5.28. The number of aromatic nitrogens is 2. The van der Waals surface area contributed by atoms with Crippen molar-refractivity contribution in [2.75, 3.05) is 32.7 Å². The summed E-state index contributed by atoms with van der Waals surface area (Å²) >= 11 is 0. The van der Waals surface area contributed by atoms with Crippen molar-refractivity contribution < 1.29 is 0 Å². The third-order valence-corrected chi connectivity index (χ3v) is 4.07. The van der Waals surface area contributed by atoms with Crippen LogP contribution in [0.15, 0.2) is 12.3 Å². The van der Waals surface area contributed by atoms with Gasteiger partial charge in [-0.1, -0.05) is 6.92 Å². The van der Waals surface area contributed by atoms with Crippen molar-refractivity contribution >= 4 is 0 Å². The van der Waals surface area contributed by atoms with Crippen molar-refractivity contribution in [3.05, 3.63) is 18.0 Å². The fourth-order valence-corrected chi connectivity index (χ4v) is 2.68. The number of nitrogens with one attached hydrogen (secondary N) is 1. The lowest BCUT2D eigenvalue weighted by Gasteiger charge is -2.31. The highest BCUT2D eigenvalue weighted by molar-refractivity contribution is 5.00. The van der Waals surface area contributed by atoms with E-state index in [0.29, 0.717) is 0 Å². The third kappa shape index (κ3) is 3.82. The fourth-order valence-electron chi connectivity index (χ4n) is 2.68. The van der Waals surface area contributed by atoms with Gasteiger partial charge < -0.3 is 10.2 Å². The molecular weight excluding hydrogens is 224 g/mol. The van der Waals surface area contributed by atoms with Crippen molar-refractivity contribution in [1.29, 1.82) is 0 Å². The van der Waals surface area contributed by atoms with E-state index in [-0.39, 0.29) is 0 Å². The lowest BCUT2D eigenvalue weighted by atomic mass is 9.97. The number of hydrogen-bond acceptors (Lipinski definition) is 3. The molecule has 102 valence electrons. The molecular formula is C14H26N4. The molecule has 0 aromatic carbocycles. The molecule has 0 amide bonds. The van der Waals surface area contributed by atoms with E-state index in [0.717, 1.165) is 18.9 Å². The van der Waals surface area contributed by atoms with E-state index in [4.69, 9.17) is 0 Å². The zero-order chi connectivity index (χ0) is 12.8. The molecule has 1 aromatic heterocycles. The van der Waals surface area contributed by atoms with Crippen LogP contribution in [0.1, 0.15) is 25.5 Å². The first kappa shape index (κ1) is 13.6. The van der Waals surface area contributed by atoms with Crippen LogP contribution in [0.3, 0.4) is 0 Å². The molecule has 1 aromatic rings. The number of likely N-dealkylation sites (tertiary alicyclic amines) is 1. The molecule has 1 saturated heterocycles. The van der Waals surface area contributed by atoms with Crippen LogP contribution in [0.2, 0.25) is 0 Å². The average molecular weight is 250 g/mol. The Hall–Kier alpha value is -0.870. The number of piperidine rings is 1. The van der Waals surface area contributed by atoms with Gasteiger partial charge in [0.15, 0.2) is 0 Å². The highest BCUT2D eigenvalue weighted by Gasteiger charge is 2.17. The van der Waals surface area contributed by atoms with Gasteiger partial charge in [0.05, 0.1) is 0 Å². The van der Waals surface area contributed by atoms with Crippen molar-refractivity contribution in [2.45, 2.75) is 26.2 Å². The Morgan fingerprint density at radius 1 is 1.39 bits per heavy atom. The maximum absolute atomic E-state index is 4.19. The van der Waals surface area contributed by atoms with Gasteiger partial charge in [-0.3, -0.25) is 4.68 Å². The molecule has 0 spiro atoms. The normalized spacial score (nSPS) is 18.3. The highest BCUT2D eigenvalue weighted by Crippen LogP contribution is 2.15. The van der Waals surface area contributed by atoms with Crippen LogP contribution in [0, 0.1) is 5.92 Å². The molecule has 2 heterocycles. The van der Waals surface area contributed by atoms with Crippen molar-refractivity contribution in [3.8, 4) is 0 Å². The molecule has 1 aliphatic rings. The summed E-state index contributed by atoms with van der Waals surface area (Å²) in [5, 5.41) is 7.78. The summed E-state index contributed by atoms with van der Waals surface area (Å²) in [5.74, 6) is 0.874. The van der Waals surface area contributed by atoms with Crippen LogP contribution in [0.4, 0.5) is 0 Å². The minimum atomic E-state index is 0.874. The van der Waals surface area contributed by atoms with Gasteiger partial charge in [0.25, 0.3) is 0 Å². The van der Waals surface area contributed by atoms with Crippen LogP contribution in [0.5, 0.6) is 0 Å². The lowest BCUT2D eigenvalue weighted by molar-refractivity contribution is 0.190. The number of hydrogen-bond donors (Lipinski definition) is 1.